The Morgan fingerprint density at radius 1 is 1.27 bits per heavy atom. The normalized spacial score (nSPS) is 20.0. The smallest absolute Gasteiger partial charge is 0.250 e. The summed E-state index contributed by atoms with van der Waals surface area (Å²) in [5, 5.41) is 1.55. The fourth-order valence-electron chi connectivity index (χ4n) is 3.10. The third-order valence-electron chi connectivity index (χ3n) is 4.65. The quantitative estimate of drug-likeness (QED) is 0.705. The van der Waals surface area contributed by atoms with Gasteiger partial charge in [0.15, 0.2) is 5.82 Å². The van der Waals surface area contributed by atoms with Crippen LogP contribution in [0.15, 0.2) is 30.7 Å². The lowest BCUT2D eigenvalue weighted by molar-refractivity contribution is 0.1000. The molecule has 2 heterocycles. The number of halogens is 1. The van der Waals surface area contributed by atoms with Crippen molar-refractivity contribution in [3.63, 3.8) is 0 Å². The molecule has 0 saturated heterocycles. The zero-order valence-corrected chi connectivity index (χ0v) is 14.7. The van der Waals surface area contributed by atoms with E-state index in [4.69, 9.17) is 11.5 Å². The highest BCUT2D eigenvalue weighted by Crippen LogP contribution is 2.27. The molecule has 3 rings (SSSR count). The van der Waals surface area contributed by atoms with Gasteiger partial charge in [-0.2, -0.15) is 0 Å². The average molecular weight is 358 g/mol. The SMILES string of the molecule is Cc1cncc(N(N[C@@H]2CCCC[C@@H]2N)c2ccc(C(N)=O)cn2)c1F. The van der Waals surface area contributed by atoms with Crippen molar-refractivity contribution < 1.29 is 9.18 Å². The second-order valence-electron chi connectivity index (χ2n) is 6.58. The van der Waals surface area contributed by atoms with E-state index >= 15 is 0 Å². The summed E-state index contributed by atoms with van der Waals surface area (Å²) in [6, 6.07) is 3.13. The van der Waals surface area contributed by atoms with Gasteiger partial charge in [0.25, 0.3) is 0 Å². The van der Waals surface area contributed by atoms with Crippen LogP contribution < -0.4 is 21.9 Å². The second kappa shape index (κ2) is 7.76. The number of pyridine rings is 2. The number of rotatable bonds is 5. The van der Waals surface area contributed by atoms with E-state index in [2.05, 4.69) is 15.4 Å². The predicted molar refractivity (Wildman–Crippen MR) is 97.2 cm³/mol. The van der Waals surface area contributed by atoms with Crippen LogP contribution in [-0.2, 0) is 0 Å². The summed E-state index contributed by atoms with van der Waals surface area (Å²) in [6.07, 6.45) is 8.22. The van der Waals surface area contributed by atoms with E-state index in [1.165, 1.54) is 18.6 Å². The second-order valence-corrected chi connectivity index (χ2v) is 6.58. The van der Waals surface area contributed by atoms with Crippen molar-refractivity contribution in [2.45, 2.75) is 44.7 Å². The van der Waals surface area contributed by atoms with Crippen LogP contribution in [0.5, 0.6) is 0 Å². The van der Waals surface area contributed by atoms with E-state index in [0.717, 1.165) is 25.7 Å². The van der Waals surface area contributed by atoms with Gasteiger partial charge in [0, 0.05) is 30.0 Å². The van der Waals surface area contributed by atoms with Gasteiger partial charge in [0.05, 0.1) is 11.8 Å². The fourth-order valence-corrected chi connectivity index (χ4v) is 3.10. The Kier molecular flexibility index (Phi) is 5.43. The zero-order chi connectivity index (χ0) is 18.7. The van der Waals surface area contributed by atoms with Crippen molar-refractivity contribution in [1.29, 1.82) is 0 Å². The molecule has 8 heteroatoms. The molecule has 138 valence electrons. The Balaban J connectivity index is 1.97. The maximum Gasteiger partial charge on any atom is 0.250 e. The summed E-state index contributed by atoms with van der Waals surface area (Å²) in [6.45, 7) is 1.65. The summed E-state index contributed by atoms with van der Waals surface area (Å²) < 4.78 is 14.7. The molecule has 2 aromatic rings. The van der Waals surface area contributed by atoms with Crippen LogP contribution >= 0.6 is 0 Å². The zero-order valence-electron chi connectivity index (χ0n) is 14.7. The first-order valence-electron chi connectivity index (χ1n) is 8.65. The lowest BCUT2D eigenvalue weighted by Gasteiger charge is -2.35. The lowest BCUT2D eigenvalue weighted by atomic mass is 9.91. The van der Waals surface area contributed by atoms with Gasteiger partial charge in [-0.25, -0.2) is 14.8 Å². The van der Waals surface area contributed by atoms with Gasteiger partial charge in [-0.05, 0) is 31.9 Å². The number of aryl methyl sites for hydroxylation is 1. The Hall–Kier alpha value is -2.58. The van der Waals surface area contributed by atoms with Gasteiger partial charge >= 0.3 is 0 Å². The number of hydrazine groups is 1. The molecule has 0 unspecified atom stereocenters. The highest BCUT2D eigenvalue weighted by atomic mass is 19.1. The minimum atomic E-state index is -0.568. The van der Waals surface area contributed by atoms with Crippen LogP contribution in [0.3, 0.4) is 0 Å². The van der Waals surface area contributed by atoms with Crippen molar-refractivity contribution in [1.82, 2.24) is 15.4 Å². The monoisotopic (exact) mass is 358 g/mol. The number of carbonyl (C=O) groups excluding carboxylic acids is 1. The van der Waals surface area contributed by atoms with E-state index in [9.17, 15) is 9.18 Å². The van der Waals surface area contributed by atoms with Crippen LogP contribution in [0.25, 0.3) is 0 Å². The Bertz CT molecular complexity index is 782. The van der Waals surface area contributed by atoms with Gasteiger partial charge in [-0.1, -0.05) is 12.8 Å². The first-order valence-corrected chi connectivity index (χ1v) is 8.65. The highest BCUT2D eigenvalue weighted by Gasteiger charge is 2.26. The van der Waals surface area contributed by atoms with Gasteiger partial charge < -0.3 is 11.5 Å². The third-order valence-corrected chi connectivity index (χ3v) is 4.65. The molecular weight excluding hydrogens is 335 g/mol. The van der Waals surface area contributed by atoms with Crippen LogP contribution in [0.1, 0.15) is 41.6 Å². The number of hydrogen-bond donors (Lipinski definition) is 3. The number of anilines is 2. The maximum absolute atomic E-state index is 14.7. The number of aromatic nitrogens is 2. The number of primary amides is 1. The van der Waals surface area contributed by atoms with E-state index in [1.807, 2.05) is 0 Å². The molecule has 1 aliphatic rings. The minimum Gasteiger partial charge on any atom is -0.366 e. The number of hydrogen-bond acceptors (Lipinski definition) is 6. The van der Waals surface area contributed by atoms with Gasteiger partial charge in [0.2, 0.25) is 5.91 Å². The third kappa shape index (κ3) is 3.81. The molecule has 2 atom stereocenters. The van der Waals surface area contributed by atoms with Crippen molar-refractivity contribution in [3.05, 3.63) is 47.7 Å². The van der Waals surface area contributed by atoms with Gasteiger partial charge in [-0.15, -0.1) is 0 Å². The maximum atomic E-state index is 14.7. The molecule has 26 heavy (non-hydrogen) atoms. The van der Waals surface area contributed by atoms with Gasteiger partial charge in [0.1, 0.15) is 11.5 Å². The van der Waals surface area contributed by atoms with Crippen LogP contribution in [-0.4, -0.2) is 28.0 Å². The summed E-state index contributed by atoms with van der Waals surface area (Å²) in [7, 11) is 0. The Morgan fingerprint density at radius 2 is 2.04 bits per heavy atom. The molecule has 1 amide bonds. The topological polar surface area (TPSA) is 110 Å². The molecular formula is C18H23FN6O. The summed E-state index contributed by atoms with van der Waals surface area (Å²) in [4.78, 5) is 19.6. The predicted octanol–water partition coefficient (Wildman–Crippen LogP) is 1.94. The molecule has 0 aromatic carbocycles. The first-order chi connectivity index (χ1) is 12.5. The molecule has 1 saturated carbocycles. The molecule has 0 spiro atoms. The summed E-state index contributed by atoms with van der Waals surface area (Å²) in [5.74, 6) is -0.530. The largest absolute Gasteiger partial charge is 0.366 e. The Morgan fingerprint density at radius 3 is 2.69 bits per heavy atom. The summed E-state index contributed by atoms with van der Waals surface area (Å²) in [5.41, 5.74) is 15.8. The van der Waals surface area contributed by atoms with Crippen LogP contribution in [0.4, 0.5) is 15.9 Å². The molecule has 0 bridgehead atoms. The molecule has 0 aliphatic heterocycles. The van der Waals surface area contributed by atoms with Crippen molar-refractivity contribution in [2.75, 3.05) is 5.01 Å². The van der Waals surface area contributed by atoms with Crippen LogP contribution in [0.2, 0.25) is 0 Å². The molecule has 1 aliphatic carbocycles. The Labute approximate surface area is 151 Å². The number of amides is 1. The average Bonchev–Trinajstić information content (AvgIpc) is 2.64. The number of nitrogens with two attached hydrogens (primary N) is 2. The number of nitrogens with one attached hydrogen (secondary N) is 1. The minimum absolute atomic E-state index is 0.0127. The van der Waals surface area contributed by atoms with E-state index < -0.39 is 11.7 Å². The lowest BCUT2D eigenvalue weighted by Crippen LogP contribution is -2.53. The highest BCUT2D eigenvalue weighted by molar-refractivity contribution is 5.92. The van der Waals surface area contributed by atoms with E-state index in [0.29, 0.717) is 11.4 Å². The van der Waals surface area contributed by atoms with E-state index in [-0.39, 0.29) is 23.3 Å². The number of nitrogens with zero attached hydrogens (tertiary/aromatic N) is 3. The molecule has 2 aromatic heterocycles. The molecule has 0 radical (unpaired) electrons. The molecule has 7 nitrogen and oxygen atoms in total. The van der Waals surface area contributed by atoms with Crippen LogP contribution in [0, 0.1) is 12.7 Å². The standard InChI is InChI=1S/C18H23FN6O/c1-11-8-22-10-15(17(11)19)25(24-14-5-3-2-4-13(14)20)16-7-6-12(9-23-16)18(21)26/h6-10,13-14,24H,2-5,20H2,1H3,(H2,21,26)/t13-,14+/m0/s1. The van der Waals surface area contributed by atoms with Crippen molar-refractivity contribution in [2.24, 2.45) is 11.5 Å². The molecule has 1 fully saturated rings. The van der Waals surface area contributed by atoms with E-state index in [1.54, 1.807) is 24.1 Å². The van der Waals surface area contributed by atoms with Gasteiger partial charge in [-0.3, -0.25) is 14.8 Å². The molecule has 5 N–H and O–H groups in total. The fraction of sp³-hybridized carbons (Fsp3) is 0.389. The van der Waals surface area contributed by atoms with Crippen molar-refractivity contribution >= 4 is 17.4 Å². The first kappa shape index (κ1) is 18.2. The summed E-state index contributed by atoms with van der Waals surface area (Å²) >= 11 is 0. The van der Waals surface area contributed by atoms with Crippen molar-refractivity contribution in [3.8, 4) is 0 Å². The number of carbonyl (C=O) groups is 1.